The van der Waals surface area contributed by atoms with E-state index in [0.717, 1.165) is 15.1 Å². The molecule has 0 unspecified atom stereocenters. The van der Waals surface area contributed by atoms with Crippen LogP contribution in [0.15, 0.2) is 22.7 Å². The number of hydrogen-bond donors (Lipinski definition) is 0. The van der Waals surface area contributed by atoms with Crippen molar-refractivity contribution >= 4 is 27.5 Å². The van der Waals surface area contributed by atoms with Crippen LogP contribution in [0.3, 0.4) is 0 Å². The van der Waals surface area contributed by atoms with Crippen molar-refractivity contribution < 1.29 is 4.74 Å². The van der Waals surface area contributed by atoms with Gasteiger partial charge >= 0.3 is 0 Å². The van der Waals surface area contributed by atoms with Gasteiger partial charge in [-0.25, -0.2) is 0 Å². The van der Waals surface area contributed by atoms with Crippen molar-refractivity contribution in [3.8, 4) is 0 Å². The fraction of sp³-hybridized carbons (Fsp3) is 0.333. The minimum absolute atomic E-state index is 0.578. The third-order valence-corrected chi connectivity index (χ3v) is 2.83. The summed E-state index contributed by atoms with van der Waals surface area (Å²) < 4.78 is 6.17. The third-order valence-electron chi connectivity index (χ3n) is 1.49. The lowest BCUT2D eigenvalue weighted by molar-refractivity contribution is 0.134. The fourth-order valence-corrected chi connectivity index (χ4v) is 1.46. The van der Waals surface area contributed by atoms with Crippen LogP contribution in [0.1, 0.15) is 12.5 Å². The molecule has 0 saturated heterocycles. The summed E-state index contributed by atoms with van der Waals surface area (Å²) >= 11 is 9.35. The largest absolute Gasteiger partial charge is 0.377 e. The van der Waals surface area contributed by atoms with E-state index in [-0.39, 0.29) is 0 Å². The number of rotatable bonds is 3. The second kappa shape index (κ2) is 4.85. The Hall–Kier alpha value is -0.0500. The second-order valence-electron chi connectivity index (χ2n) is 2.35. The summed E-state index contributed by atoms with van der Waals surface area (Å²) in [5.41, 5.74) is 1.02. The van der Waals surface area contributed by atoms with Crippen molar-refractivity contribution in [2.24, 2.45) is 0 Å². The van der Waals surface area contributed by atoms with Gasteiger partial charge in [-0.05, 0) is 34.5 Å². The van der Waals surface area contributed by atoms with Crippen molar-refractivity contribution in [2.75, 3.05) is 6.61 Å². The monoisotopic (exact) mass is 248 g/mol. The van der Waals surface area contributed by atoms with Crippen LogP contribution in [-0.2, 0) is 11.3 Å². The molecule has 0 atom stereocenters. The van der Waals surface area contributed by atoms with E-state index in [2.05, 4.69) is 15.9 Å². The highest BCUT2D eigenvalue weighted by Crippen LogP contribution is 2.26. The minimum atomic E-state index is 0.578. The van der Waals surface area contributed by atoms with Gasteiger partial charge in [0, 0.05) is 11.1 Å². The van der Waals surface area contributed by atoms with Crippen LogP contribution in [0.5, 0.6) is 0 Å². The average Bonchev–Trinajstić information content (AvgIpc) is 2.08. The number of benzene rings is 1. The Labute approximate surface area is 85.8 Å². The van der Waals surface area contributed by atoms with Gasteiger partial charge in [0.15, 0.2) is 0 Å². The molecule has 0 N–H and O–H groups in total. The van der Waals surface area contributed by atoms with Crippen LogP contribution in [0, 0.1) is 0 Å². The van der Waals surface area contributed by atoms with Crippen LogP contribution in [0.25, 0.3) is 0 Å². The lowest BCUT2D eigenvalue weighted by atomic mass is 10.2. The Morgan fingerprint density at radius 2 is 2.25 bits per heavy atom. The molecule has 0 aromatic heterocycles. The van der Waals surface area contributed by atoms with Crippen molar-refractivity contribution in [3.63, 3.8) is 0 Å². The number of halogens is 2. The molecule has 1 aromatic rings. The fourth-order valence-electron chi connectivity index (χ4n) is 0.872. The standard InChI is InChI=1S/C9H10BrClO/c1-2-12-6-7-4-3-5-8(10)9(7)11/h3-5H,2,6H2,1H3. The molecule has 1 aromatic carbocycles. The second-order valence-corrected chi connectivity index (χ2v) is 3.58. The maximum atomic E-state index is 6.00. The summed E-state index contributed by atoms with van der Waals surface area (Å²) in [5.74, 6) is 0. The smallest absolute Gasteiger partial charge is 0.0731 e. The van der Waals surface area contributed by atoms with Gasteiger partial charge < -0.3 is 4.74 Å². The quantitative estimate of drug-likeness (QED) is 0.795. The molecular formula is C9H10BrClO. The molecule has 12 heavy (non-hydrogen) atoms. The Bertz CT molecular complexity index is 263. The van der Waals surface area contributed by atoms with Gasteiger partial charge in [0.2, 0.25) is 0 Å². The van der Waals surface area contributed by atoms with Crippen molar-refractivity contribution in [3.05, 3.63) is 33.3 Å². The lowest BCUT2D eigenvalue weighted by Crippen LogP contribution is -1.92. The zero-order valence-corrected chi connectivity index (χ0v) is 9.15. The lowest BCUT2D eigenvalue weighted by Gasteiger charge is -2.04. The maximum absolute atomic E-state index is 6.00. The van der Waals surface area contributed by atoms with E-state index in [9.17, 15) is 0 Å². The molecule has 0 saturated carbocycles. The van der Waals surface area contributed by atoms with Gasteiger partial charge in [-0.2, -0.15) is 0 Å². The molecule has 0 bridgehead atoms. The van der Waals surface area contributed by atoms with Crippen LogP contribution >= 0.6 is 27.5 Å². The molecule has 66 valence electrons. The molecule has 0 aliphatic carbocycles. The first-order chi connectivity index (χ1) is 5.75. The summed E-state index contributed by atoms with van der Waals surface area (Å²) in [6.45, 7) is 3.25. The Kier molecular flexibility index (Phi) is 4.06. The highest BCUT2D eigenvalue weighted by atomic mass is 79.9. The van der Waals surface area contributed by atoms with Gasteiger partial charge in [-0.15, -0.1) is 0 Å². The molecule has 0 fully saturated rings. The normalized spacial score (nSPS) is 10.2. The van der Waals surface area contributed by atoms with Gasteiger partial charge in [0.1, 0.15) is 0 Å². The first-order valence-corrected chi connectivity index (χ1v) is 4.93. The highest BCUT2D eigenvalue weighted by molar-refractivity contribution is 9.10. The van der Waals surface area contributed by atoms with E-state index in [4.69, 9.17) is 16.3 Å². The zero-order valence-electron chi connectivity index (χ0n) is 6.81. The molecule has 0 spiro atoms. The maximum Gasteiger partial charge on any atom is 0.0731 e. The van der Waals surface area contributed by atoms with E-state index in [1.807, 2.05) is 25.1 Å². The predicted molar refractivity (Wildman–Crippen MR) is 54.5 cm³/mol. The highest BCUT2D eigenvalue weighted by Gasteiger charge is 2.02. The summed E-state index contributed by atoms with van der Waals surface area (Å²) in [7, 11) is 0. The molecule has 0 aliphatic heterocycles. The summed E-state index contributed by atoms with van der Waals surface area (Å²) in [6.07, 6.45) is 0. The van der Waals surface area contributed by atoms with Gasteiger partial charge in [0.05, 0.1) is 11.6 Å². The first kappa shape index (κ1) is 10.0. The molecule has 3 heteroatoms. The number of ether oxygens (including phenoxy) is 1. The van der Waals surface area contributed by atoms with E-state index in [1.54, 1.807) is 0 Å². The van der Waals surface area contributed by atoms with E-state index in [1.165, 1.54) is 0 Å². The molecule has 0 aliphatic rings. The van der Waals surface area contributed by atoms with Crippen LogP contribution in [-0.4, -0.2) is 6.61 Å². The molecule has 1 nitrogen and oxygen atoms in total. The minimum Gasteiger partial charge on any atom is -0.377 e. The molecule has 0 radical (unpaired) electrons. The van der Waals surface area contributed by atoms with E-state index in [0.29, 0.717) is 13.2 Å². The molecule has 0 heterocycles. The van der Waals surface area contributed by atoms with E-state index >= 15 is 0 Å². The van der Waals surface area contributed by atoms with Gasteiger partial charge in [-0.1, -0.05) is 23.7 Å². The van der Waals surface area contributed by atoms with E-state index < -0.39 is 0 Å². The predicted octanol–water partition coefficient (Wildman–Crippen LogP) is 3.64. The molecular weight excluding hydrogens is 239 g/mol. The molecule has 0 amide bonds. The van der Waals surface area contributed by atoms with Crippen LogP contribution in [0.4, 0.5) is 0 Å². The number of hydrogen-bond acceptors (Lipinski definition) is 1. The van der Waals surface area contributed by atoms with Gasteiger partial charge in [0.25, 0.3) is 0 Å². The summed E-state index contributed by atoms with van der Waals surface area (Å²) in [6, 6.07) is 5.82. The Morgan fingerprint density at radius 3 is 2.92 bits per heavy atom. The topological polar surface area (TPSA) is 9.23 Å². The zero-order chi connectivity index (χ0) is 8.97. The van der Waals surface area contributed by atoms with Crippen molar-refractivity contribution in [1.29, 1.82) is 0 Å². The first-order valence-electron chi connectivity index (χ1n) is 3.76. The SMILES string of the molecule is CCOCc1cccc(Br)c1Cl. The van der Waals surface area contributed by atoms with Gasteiger partial charge in [-0.3, -0.25) is 0 Å². The average molecular weight is 250 g/mol. The summed E-state index contributed by atoms with van der Waals surface area (Å²) in [4.78, 5) is 0. The Morgan fingerprint density at radius 1 is 1.50 bits per heavy atom. The van der Waals surface area contributed by atoms with Crippen molar-refractivity contribution in [1.82, 2.24) is 0 Å². The molecule has 1 rings (SSSR count). The Balaban J connectivity index is 2.78. The van der Waals surface area contributed by atoms with Crippen LogP contribution < -0.4 is 0 Å². The third kappa shape index (κ3) is 2.47. The van der Waals surface area contributed by atoms with Crippen LogP contribution in [0.2, 0.25) is 5.02 Å². The summed E-state index contributed by atoms with van der Waals surface area (Å²) in [5, 5.41) is 0.742. The van der Waals surface area contributed by atoms with Crippen molar-refractivity contribution in [2.45, 2.75) is 13.5 Å².